The number of ether oxygens (including phenoxy) is 2. The molecule has 0 aromatic heterocycles. The van der Waals surface area contributed by atoms with Gasteiger partial charge in [-0.25, -0.2) is 0 Å². The number of aliphatic hydroxyl groups is 1. The van der Waals surface area contributed by atoms with Crippen LogP contribution in [0, 0.1) is 0 Å². The highest BCUT2D eigenvalue weighted by Gasteiger charge is 2.16. The summed E-state index contributed by atoms with van der Waals surface area (Å²) in [6.45, 7) is 4.16. The number of rotatable bonds is 44. The highest BCUT2D eigenvalue weighted by molar-refractivity contribution is 5.70. The van der Waals surface area contributed by atoms with Crippen LogP contribution >= 0.6 is 0 Å². The lowest BCUT2D eigenvalue weighted by Gasteiger charge is -2.15. The molecule has 54 heavy (non-hydrogen) atoms. The SMILES string of the molecule is CCCCCCC/C=C\C/C=C\CCCCCCCCCCCCCCCC(=O)OC(CO)COC(=O)CCCCCCCCCCCCCCCCC. The highest BCUT2D eigenvalue weighted by Crippen LogP contribution is 2.16. The van der Waals surface area contributed by atoms with Crippen LogP contribution in [0.5, 0.6) is 0 Å². The third-order valence-corrected chi connectivity index (χ3v) is 10.7. The summed E-state index contributed by atoms with van der Waals surface area (Å²) in [5, 5.41) is 9.60. The lowest BCUT2D eigenvalue weighted by Crippen LogP contribution is -2.28. The molecule has 1 atom stereocenters. The zero-order valence-electron chi connectivity index (χ0n) is 36.3. The van der Waals surface area contributed by atoms with Crippen LogP contribution in [0.3, 0.4) is 0 Å². The Morgan fingerprint density at radius 3 is 1.09 bits per heavy atom. The molecule has 0 aliphatic rings. The van der Waals surface area contributed by atoms with E-state index in [1.165, 1.54) is 193 Å². The molecule has 0 saturated carbocycles. The fourth-order valence-electron chi connectivity index (χ4n) is 7.12. The average Bonchev–Trinajstić information content (AvgIpc) is 3.17. The zero-order chi connectivity index (χ0) is 39.3. The molecule has 0 fully saturated rings. The van der Waals surface area contributed by atoms with Gasteiger partial charge < -0.3 is 14.6 Å². The summed E-state index contributed by atoms with van der Waals surface area (Å²) in [6.07, 6.45) is 55.5. The molecule has 0 bridgehead atoms. The molecule has 0 amide bonds. The van der Waals surface area contributed by atoms with Gasteiger partial charge in [-0.3, -0.25) is 9.59 Å². The van der Waals surface area contributed by atoms with Crippen LogP contribution < -0.4 is 0 Å². The van der Waals surface area contributed by atoms with E-state index in [-0.39, 0.29) is 25.2 Å². The second kappa shape index (κ2) is 45.8. The first-order chi connectivity index (χ1) is 26.6. The molecule has 1 unspecified atom stereocenters. The normalized spacial score (nSPS) is 12.3. The van der Waals surface area contributed by atoms with Crippen LogP contribution in [-0.2, 0) is 19.1 Å². The number of esters is 2. The van der Waals surface area contributed by atoms with E-state index >= 15 is 0 Å². The molecule has 0 saturated heterocycles. The van der Waals surface area contributed by atoms with Gasteiger partial charge in [0.15, 0.2) is 6.10 Å². The van der Waals surface area contributed by atoms with Crippen LogP contribution in [0.15, 0.2) is 24.3 Å². The molecule has 0 spiro atoms. The standard InChI is InChI=1S/C49H92O5/c1-3-5-7-9-11-13-15-17-19-20-21-22-23-24-25-26-27-28-30-32-34-36-38-40-42-44-49(52)54-47(45-50)46-53-48(51)43-41-39-37-35-33-31-29-18-16-14-12-10-8-6-4-2/h15,17,20-21,47,50H,3-14,16,18-19,22-46H2,1-2H3/b17-15-,21-20-. The van der Waals surface area contributed by atoms with Gasteiger partial charge >= 0.3 is 11.9 Å². The Hall–Kier alpha value is -1.62. The number of carbonyl (C=O) groups excluding carboxylic acids is 2. The summed E-state index contributed by atoms with van der Waals surface area (Å²) in [6, 6.07) is 0. The Morgan fingerprint density at radius 2 is 0.741 bits per heavy atom. The maximum absolute atomic E-state index is 12.2. The van der Waals surface area contributed by atoms with E-state index in [9.17, 15) is 14.7 Å². The first kappa shape index (κ1) is 52.4. The highest BCUT2D eigenvalue weighted by atomic mass is 16.6. The Bertz CT molecular complexity index is 821. The average molecular weight is 761 g/mol. The molecule has 0 aromatic carbocycles. The molecule has 318 valence electrons. The number of aliphatic hydroxyl groups excluding tert-OH is 1. The minimum absolute atomic E-state index is 0.0605. The predicted molar refractivity (Wildman–Crippen MR) is 233 cm³/mol. The monoisotopic (exact) mass is 761 g/mol. The fraction of sp³-hybridized carbons (Fsp3) is 0.878. The molecule has 0 aromatic rings. The number of unbranched alkanes of at least 4 members (excludes halogenated alkanes) is 32. The van der Waals surface area contributed by atoms with Crippen molar-refractivity contribution < 1.29 is 24.2 Å². The van der Waals surface area contributed by atoms with E-state index in [0.717, 1.165) is 38.5 Å². The molecule has 5 heteroatoms. The summed E-state index contributed by atoms with van der Waals surface area (Å²) in [5.41, 5.74) is 0. The number of hydrogen-bond donors (Lipinski definition) is 1. The van der Waals surface area contributed by atoms with Crippen molar-refractivity contribution in [2.24, 2.45) is 0 Å². The Morgan fingerprint density at radius 1 is 0.426 bits per heavy atom. The maximum Gasteiger partial charge on any atom is 0.306 e. The van der Waals surface area contributed by atoms with E-state index in [1.807, 2.05) is 0 Å². The van der Waals surface area contributed by atoms with Crippen LogP contribution in [0.1, 0.15) is 258 Å². The van der Waals surface area contributed by atoms with Crippen molar-refractivity contribution in [2.45, 2.75) is 264 Å². The zero-order valence-corrected chi connectivity index (χ0v) is 36.3. The molecule has 0 radical (unpaired) electrons. The Labute approximate surface area is 336 Å². The summed E-state index contributed by atoms with van der Waals surface area (Å²) < 4.78 is 10.7. The lowest BCUT2D eigenvalue weighted by molar-refractivity contribution is -0.161. The van der Waals surface area contributed by atoms with Crippen LogP contribution in [0.2, 0.25) is 0 Å². The van der Waals surface area contributed by atoms with E-state index < -0.39 is 6.10 Å². The van der Waals surface area contributed by atoms with Crippen molar-refractivity contribution >= 4 is 11.9 Å². The molecule has 1 N–H and O–H groups in total. The topological polar surface area (TPSA) is 72.8 Å². The van der Waals surface area contributed by atoms with Gasteiger partial charge in [-0.05, 0) is 44.9 Å². The molecule has 0 rings (SSSR count). The van der Waals surface area contributed by atoms with Crippen molar-refractivity contribution in [3.05, 3.63) is 24.3 Å². The van der Waals surface area contributed by atoms with Crippen molar-refractivity contribution in [2.75, 3.05) is 13.2 Å². The Balaban J connectivity index is 3.47. The summed E-state index contributed by atoms with van der Waals surface area (Å²) in [5.74, 6) is -0.578. The first-order valence-corrected chi connectivity index (χ1v) is 23.9. The van der Waals surface area contributed by atoms with Gasteiger partial charge in [-0.1, -0.05) is 224 Å². The summed E-state index contributed by atoms with van der Waals surface area (Å²) in [4.78, 5) is 24.4. The van der Waals surface area contributed by atoms with E-state index in [4.69, 9.17) is 9.47 Å². The largest absolute Gasteiger partial charge is 0.462 e. The van der Waals surface area contributed by atoms with Crippen molar-refractivity contribution in [1.82, 2.24) is 0 Å². The predicted octanol–water partition coefficient (Wildman–Crippen LogP) is 15.4. The quantitative estimate of drug-likeness (QED) is 0.0380. The second-order valence-electron chi connectivity index (χ2n) is 16.2. The van der Waals surface area contributed by atoms with Gasteiger partial charge in [-0.15, -0.1) is 0 Å². The number of allylic oxidation sites excluding steroid dienone is 4. The molecule has 0 aliphatic heterocycles. The van der Waals surface area contributed by atoms with Crippen molar-refractivity contribution in [1.29, 1.82) is 0 Å². The smallest absolute Gasteiger partial charge is 0.306 e. The van der Waals surface area contributed by atoms with Gasteiger partial charge in [0.25, 0.3) is 0 Å². The van der Waals surface area contributed by atoms with Gasteiger partial charge in [-0.2, -0.15) is 0 Å². The van der Waals surface area contributed by atoms with E-state index in [0.29, 0.717) is 12.8 Å². The number of hydrogen-bond acceptors (Lipinski definition) is 5. The second-order valence-corrected chi connectivity index (χ2v) is 16.2. The molecule has 5 nitrogen and oxygen atoms in total. The number of carbonyl (C=O) groups is 2. The lowest BCUT2D eigenvalue weighted by atomic mass is 10.0. The van der Waals surface area contributed by atoms with Crippen LogP contribution in [0.25, 0.3) is 0 Å². The molecule has 0 heterocycles. The minimum Gasteiger partial charge on any atom is -0.462 e. The van der Waals surface area contributed by atoms with Crippen molar-refractivity contribution in [3.63, 3.8) is 0 Å². The third kappa shape index (κ3) is 43.1. The van der Waals surface area contributed by atoms with E-state index in [2.05, 4.69) is 38.2 Å². The maximum atomic E-state index is 12.2. The van der Waals surface area contributed by atoms with Gasteiger partial charge in [0.2, 0.25) is 0 Å². The first-order valence-electron chi connectivity index (χ1n) is 23.9. The Kier molecular flexibility index (Phi) is 44.4. The van der Waals surface area contributed by atoms with Crippen LogP contribution in [0.4, 0.5) is 0 Å². The molecule has 0 aliphatic carbocycles. The third-order valence-electron chi connectivity index (χ3n) is 10.7. The summed E-state index contributed by atoms with van der Waals surface area (Å²) in [7, 11) is 0. The summed E-state index contributed by atoms with van der Waals surface area (Å²) >= 11 is 0. The molecular formula is C49H92O5. The van der Waals surface area contributed by atoms with Gasteiger partial charge in [0.1, 0.15) is 6.61 Å². The van der Waals surface area contributed by atoms with Gasteiger partial charge in [0, 0.05) is 12.8 Å². The van der Waals surface area contributed by atoms with Gasteiger partial charge in [0.05, 0.1) is 6.61 Å². The molecular weight excluding hydrogens is 669 g/mol. The minimum atomic E-state index is -0.767. The van der Waals surface area contributed by atoms with Crippen LogP contribution in [-0.4, -0.2) is 36.4 Å². The van der Waals surface area contributed by atoms with E-state index in [1.54, 1.807) is 0 Å². The van der Waals surface area contributed by atoms with Crippen molar-refractivity contribution in [3.8, 4) is 0 Å². The fourth-order valence-corrected chi connectivity index (χ4v) is 7.12.